The quantitative estimate of drug-likeness (QED) is 0.697. The molecule has 10 heteroatoms. The number of nitrogens with one attached hydrogen (secondary N) is 1. The Morgan fingerprint density at radius 1 is 1.42 bits per heavy atom. The minimum absolute atomic E-state index is 0.0621. The number of likely N-dealkylation sites (tertiary alicyclic amines) is 1. The zero-order chi connectivity index (χ0) is 22.3. The van der Waals surface area contributed by atoms with E-state index >= 15 is 0 Å². The number of aromatic nitrogens is 2. The summed E-state index contributed by atoms with van der Waals surface area (Å²) in [5.74, 6) is -0.166. The molecule has 0 atom stereocenters. The van der Waals surface area contributed by atoms with E-state index in [1.165, 1.54) is 6.20 Å². The summed E-state index contributed by atoms with van der Waals surface area (Å²) in [5.41, 5.74) is 0.790. The van der Waals surface area contributed by atoms with Gasteiger partial charge in [0.25, 0.3) is 11.5 Å². The second kappa shape index (κ2) is 7.98. The lowest BCUT2D eigenvalue weighted by Gasteiger charge is -2.42. The summed E-state index contributed by atoms with van der Waals surface area (Å²) in [6, 6.07) is 3.92. The number of carbonyl (C=O) groups excluding carboxylic acids is 1. The van der Waals surface area contributed by atoms with Crippen LogP contribution in [-0.4, -0.2) is 85.5 Å². The summed E-state index contributed by atoms with van der Waals surface area (Å²) in [6.45, 7) is 5.03. The van der Waals surface area contributed by atoms with Crippen LogP contribution in [0.3, 0.4) is 0 Å². The first-order chi connectivity index (χ1) is 14.8. The lowest BCUT2D eigenvalue weighted by Crippen LogP contribution is -2.58. The molecule has 0 spiro atoms. The number of H-pyrrole nitrogens is 1. The summed E-state index contributed by atoms with van der Waals surface area (Å²) in [7, 11) is 5.51. The fourth-order valence-corrected chi connectivity index (χ4v) is 4.39. The molecule has 9 nitrogen and oxygen atoms in total. The van der Waals surface area contributed by atoms with Gasteiger partial charge in [-0.1, -0.05) is 0 Å². The highest BCUT2D eigenvalue weighted by Crippen LogP contribution is 2.33. The number of aromatic amines is 1. The molecule has 1 N–H and O–H groups in total. The van der Waals surface area contributed by atoms with Crippen LogP contribution in [0.15, 0.2) is 17.1 Å². The molecule has 0 aromatic carbocycles. The number of piperidine rings is 1. The Hall–Kier alpha value is -2.90. The average molecular weight is 422 g/mol. The first kappa shape index (κ1) is 21.3. The van der Waals surface area contributed by atoms with Crippen LogP contribution in [0.2, 0.25) is 0 Å². The lowest BCUT2D eigenvalue weighted by atomic mass is 9.92. The number of carbonyl (C=O) groups is 1. The molecule has 162 valence electrons. The van der Waals surface area contributed by atoms with Crippen LogP contribution >= 0.6 is 0 Å². The molecule has 1 amide bonds. The van der Waals surface area contributed by atoms with E-state index in [9.17, 15) is 14.9 Å². The van der Waals surface area contributed by atoms with E-state index in [2.05, 4.69) is 32.8 Å². The second-order valence-electron chi connectivity index (χ2n) is 8.84. The summed E-state index contributed by atoms with van der Waals surface area (Å²) in [4.78, 5) is 38.6. The van der Waals surface area contributed by atoms with Crippen LogP contribution in [0, 0.1) is 11.3 Å². The Balaban J connectivity index is 1.75. The van der Waals surface area contributed by atoms with Crippen molar-refractivity contribution in [1.29, 1.82) is 5.26 Å². The van der Waals surface area contributed by atoms with Crippen molar-refractivity contribution in [1.82, 2.24) is 19.7 Å². The summed E-state index contributed by atoms with van der Waals surface area (Å²) in [5, 5.41) is 10.4. The first-order valence-electron chi connectivity index (χ1n) is 10.5. The normalized spacial score (nSPS) is 19.1. The maximum atomic E-state index is 13.0. The van der Waals surface area contributed by atoms with Crippen molar-refractivity contribution in [3.63, 3.8) is 0 Å². The van der Waals surface area contributed by atoms with Gasteiger partial charge in [-0.05, 0) is 32.9 Å². The van der Waals surface area contributed by atoms with Crippen molar-refractivity contribution >= 4 is 30.5 Å². The van der Waals surface area contributed by atoms with Crippen molar-refractivity contribution < 1.29 is 9.53 Å². The van der Waals surface area contributed by atoms with Crippen LogP contribution in [0.1, 0.15) is 35.8 Å². The molecule has 0 aliphatic carbocycles. The standard InChI is InChI=1S/C21H27BN6O3/c1-21(31-3)4-6-27(7-5-21)18-14-8-16(20(30)28(22)13-11-26(2)12-13)24-10-17(14)25-19(29)15(18)9-23/h8,10,13H,4-7,11-12,22H2,1-3H3,(H,25,29). The number of hydrogen-bond acceptors (Lipinski definition) is 7. The molecule has 2 aromatic rings. The Morgan fingerprint density at radius 3 is 2.68 bits per heavy atom. The number of nitrogens with zero attached hydrogens (tertiary/aromatic N) is 5. The molecule has 0 radical (unpaired) electrons. The van der Waals surface area contributed by atoms with Gasteiger partial charge in [0.2, 0.25) is 7.98 Å². The molecule has 0 bridgehead atoms. The third-order valence-electron chi connectivity index (χ3n) is 6.75. The molecule has 2 aliphatic heterocycles. The number of amides is 1. The molecule has 0 unspecified atom stereocenters. The van der Waals surface area contributed by atoms with Gasteiger partial charge < -0.3 is 24.3 Å². The molecule has 2 aliphatic rings. The van der Waals surface area contributed by atoms with E-state index in [-0.39, 0.29) is 23.1 Å². The smallest absolute Gasteiger partial charge is 0.268 e. The molecule has 4 rings (SSSR count). The molecule has 2 saturated heterocycles. The molecule has 2 fully saturated rings. The highest BCUT2D eigenvalue weighted by atomic mass is 16.5. The van der Waals surface area contributed by atoms with E-state index in [1.807, 2.05) is 7.05 Å². The summed E-state index contributed by atoms with van der Waals surface area (Å²) >= 11 is 0. The molecular weight excluding hydrogens is 395 g/mol. The highest BCUT2D eigenvalue weighted by molar-refractivity contribution is 6.18. The predicted molar refractivity (Wildman–Crippen MR) is 120 cm³/mol. The van der Waals surface area contributed by atoms with Gasteiger partial charge in [0.05, 0.1) is 23.0 Å². The first-order valence-corrected chi connectivity index (χ1v) is 10.5. The third kappa shape index (κ3) is 3.79. The minimum atomic E-state index is -0.444. The maximum Gasteiger partial charge on any atom is 0.268 e. The van der Waals surface area contributed by atoms with E-state index in [0.717, 1.165) is 25.9 Å². The van der Waals surface area contributed by atoms with Gasteiger partial charge in [-0.3, -0.25) is 9.59 Å². The van der Waals surface area contributed by atoms with Crippen LogP contribution in [0.4, 0.5) is 5.69 Å². The predicted octanol–water partition coefficient (Wildman–Crippen LogP) is 0.104. The van der Waals surface area contributed by atoms with E-state index in [0.29, 0.717) is 35.4 Å². The van der Waals surface area contributed by atoms with Crippen molar-refractivity contribution in [2.45, 2.75) is 31.4 Å². The number of hydrogen-bond donors (Lipinski definition) is 1. The Labute approximate surface area is 182 Å². The van der Waals surface area contributed by atoms with Gasteiger partial charge in [0.1, 0.15) is 17.3 Å². The zero-order valence-electron chi connectivity index (χ0n) is 18.4. The van der Waals surface area contributed by atoms with Crippen molar-refractivity contribution in [3.05, 3.63) is 33.9 Å². The SMILES string of the molecule is BN(C(=O)c1cc2c(N3CCC(C)(OC)CC3)c(C#N)c(=O)[nH]c2cn1)C1CN(C)C1. The van der Waals surface area contributed by atoms with Gasteiger partial charge in [-0.25, -0.2) is 4.98 Å². The largest absolute Gasteiger partial charge is 0.383 e. The van der Waals surface area contributed by atoms with Gasteiger partial charge in [-0.15, -0.1) is 0 Å². The third-order valence-corrected chi connectivity index (χ3v) is 6.75. The minimum Gasteiger partial charge on any atom is -0.383 e. The highest BCUT2D eigenvalue weighted by Gasteiger charge is 2.33. The number of anilines is 1. The summed E-state index contributed by atoms with van der Waals surface area (Å²) in [6.07, 6.45) is 3.06. The second-order valence-corrected chi connectivity index (χ2v) is 8.84. The van der Waals surface area contributed by atoms with Gasteiger partial charge in [-0.2, -0.15) is 5.26 Å². The molecule has 4 heterocycles. The van der Waals surface area contributed by atoms with Crippen LogP contribution < -0.4 is 10.5 Å². The molecular formula is C21H27BN6O3. The van der Waals surface area contributed by atoms with Crippen LogP contribution in [0.5, 0.6) is 0 Å². The fourth-order valence-electron chi connectivity index (χ4n) is 4.39. The molecule has 0 saturated carbocycles. The monoisotopic (exact) mass is 422 g/mol. The average Bonchev–Trinajstić information content (AvgIpc) is 2.75. The van der Waals surface area contributed by atoms with E-state index in [1.54, 1.807) is 26.0 Å². The lowest BCUT2D eigenvalue weighted by molar-refractivity contribution is -0.0132. The number of ether oxygens (including phenoxy) is 1. The van der Waals surface area contributed by atoms with Crippen LogP contribution in [0.25, 0.3) is 10.9 Å². The number of methoxy groups -OCH3 is 1. The topological polar surface area (TPSA) is 106 Å². The number of pyridine rings is 2. The van der Waals surface area contributed by atoms with Crippen LogP contribution in [-0.2, 0) is 4.74 Å². The van der Waals surface area contributed by atoms with Crippen molar-refractivity contribution in [2.75, 3.05) is 45.2 Å². The number of nitriles is 1. The number of likely N-dealkylation sites (N-methyl/N-ethyl adjacent to an activating group) is 1. The van der Waals surface area contributed by atoms with Gasteiger partial charge in [0.15, 0.2) is 0 Å². The van der Waals surface area contributed by atoms with E-state index in [4.69, 9.17) is 4.74 Å². The number of fused-ring (bicyclic) bond motifs is 1. The Kier molecular flexibility index (Phi) is 5.50. The van der Waals surface area contributed by atoms with Crippen molar-refractivity contribution in [2.24, 2.45) is 0 Å². The zero-order valence-corrected chi connectivity index (χ0v) is 18.4. The number of rotatable bonds is 4. The van der Waals surface area contributed by atoms with E-state index < -0.39 is 5.56 Å². The molecule has 31 heavy (non-hydrogen) atoms. The van der Waals surface area contributed by atoms with Gasteiger partial charge >= 0.3 is 0 Å². The fraction of sp³-hybridized carbons (Fsp3) is 0.524. The molecule has 2 aromatic heterocycles. The Morgan fingerprint density at radius 2 is 2.10 bits per heavy atom. The van der Waals surface area contributed by atoms with Gasteiger partial charge in [0, 0.05) is 44.7 Å². The van der Waals surface area contributed by atoms with Crippen molar-refractivity contribution in [3.8, 4) is 6.07 Å². The maximum absolute atomic E-state index is 13.0. The summed E-state index contributed by atoms with van der Waals surface area (Å²) < 4.78 is 5.63. The Bertz CT molecular complexity index is 1110.